The van der Waals surface area contributed by atoms with Crippen LogP contribution in [-0.4, -0.2) is 41.1 Å². The third kappa shape index (κ3) is 4.84. The highest BCUT2D eigenvalue weighted by Crippen LogP contribution is 2.24. The molecule has 1 aromatic rings. The Hall–Kier alpha value is -2.30. The predicted octanol–water partition coefficient (Wildman–Crippen LogP) is 3.11. The Morgan fingerprint density at radius 3 is 2.87 bits per heavy atom. The van der Waals surface area contributed by atoms with Gasteiger partial charge in [0.05, 0.1) is 6.42 Å². The van der Waals surface area contributed by atoms with Crippen LogP contribution < -0.4 is 4.74 Å². The largest absolute Gasteiger partial charge is 0.490 e. The summed E-state index contributed by atoms with van der Waals surface area (Å²) in [6.07, 6.45) is 3.57. The van der Waals surface area contributed by atoms with Crippen molar-refractivity contribution in [1.82, 2.24) is 4.90 Å². The van der Waals surface area contributed by atoms with Crippen LogP contribution in [0.1, 0.15) is 43.5 Å². The quantitative estimate of drug-likeness (QED) is 0.819. The van der Waals surface area contributed by atoms with Crippen LogP contribution in [0.3, 0.4) is 0 Å². The van der Waals surface area contributed by atoms with Crippen molar-refractivity contribution in [2.24, 2.45) is 0 Å². The van der Waals surface area contributed by atoms with E-state index in [2.05, 4.69) is 0 Å². The molecule has 1 atom stereocenters. The maximum absolute atomic E-state index is 12.6. The molecule has 1 heterocycles. The predicted molar refractivity (Wildman–Crippen MR) is 87.7 cm³/mol. The summed E-state index contributed by atoms with van der Waals surface area (Å²) in [5.41, 5.74) is 1.71. The van der Waals surface area contributed by atoms with Crippen molar-refractivity contribution >= 4 is 11.9 Å². The minimum absolute atomic E-state index is 0.00248. The number of carboxylic acid groups (broad SMARTS) is 1. The molecule has 2 rings (SSSR count). The number of hydrogen-bond acceptors (Lipinski definition) is 3. The number of carbonyl (C=O) groups is 2. The van der Waals surface area contributed by atoms with Crippen LogP contribution in [0.5, 0.6) is 5.75 Å². The van der Waals surface area contributed by atoms with E-state index < -0.39 is 5.97 Å². The number of ether oxygens (including phenoxy) is 1. The van der Waals surface area contributed by atoms with E-state index in [1.165, 1.54) is 5.57 Å². The van der Waals surface area contributed by atoms with Crippen LogP contribution in [0.2, 0.25) is 0 Å². The third-order valence-corrected chi connectivity index (χ3v) is 3.87. The molecular formula is C18H23NO4. The Balaban J connectivity index is 2.07. The molecule has 0 bridgehead atoms. The number of aliphatic carboxylic acids is 1. The smallest absolute Gasteiger partial charge is 0.305 e. The molecule has 124 valence electrons. The molecule has 1 aliphatic heterocycles. The molecule has 1 N–H and O–H groups in total. The van der Waals surface area contributed by atoms with Crippen molar-refractivity contribution in [3.8, 4) is 5.75 Å². The van der Waals surface area contributed by atoms with Crippen molar-refractivity contribution in [2.75, 3.05) is 13.2 Å². The van der Waals surface area contributed by atoms with Gasteiger partial charge in [0.1, 0.15) is 12.4 Å². The van der Waals surface area contributed by atoms with E-state index in [0.29, 0.717) is 24.5 Å². The molecule has 1 amide bonds. The van der Waals surface area contributed by atoms with E-state index in [1.807, 2.05) is 26.0 Å². The van der Waals surface area contributed by atoms with Gasteiger partial charge >= 0.3 is 5.97 Å². The number of benzene rings is 1. The van der Waals surface area contributed by atoms with Gasteiger partial charge in [-0.25, -0.2) is 0 Å². The van der Waals surface area contributed by atoms with Crippen molar-refractivity contribution in [2.45, 2.75) is 39.2 Å². The summed E-state index contributed by atoms with van der Waals surface area (Å²) in [4.78, 5) is 25.2. The zero-order valence-corrected chi connectivity index (χ0v) is 13.6. The Kier molecular flexibility index (Phi) is 5.79. The second-order valence-corrected chi connectivity index (χ2v) is 6.01. The lowest BCUT2D eigenvalue weighted by Gasteiger charge is -2.23. The molecular weight excluding hydrogens is 294 g/mol. The first-order valence-electron chi connectivity index (χ1n) is 7.86. The lowest BCUT2D eigenvalue weighted by atomic mass is 10.1. The van der Waals surface area contributed by atoms with Crippen molar-refractivity contribution < 1.29 is 19.4 Å². The van der Waals surface area contributed by atoms with Gasteiger partial charge in [-0.2, -0.15) is 0 Å². The molecule has 0 aromatic heterocycles. The SMILES string of the molecule is CC(C)=CCOc1cccc(C(=O)N2CCCC2CC(=O)O)c1. The van der Waals surface area contributed by atoms with Crippen LogP contribution in [0, 0.1) is 0 Å². The van der Waals surface area contributed by atoms with Gasteiger partial charge < -0.3 is 14.7 Å². The summed E-state index contributed by atoms with van der Waals surface area (Å²) in [6, 6.07) is 6.85. The van der Waals surface area contributed by atoms with Crippen LogP contribution >= 0.6 is 0 Å². The summed E-state index contributed by atoms with van der Waals surface area (Å²) >= 11 is 0. The first-order chi connectivity index (χ1) is 11.0. The topological polar surface area (TPSA) is 66.8 Å². The molecule has 1 saturated heterocycles. The summed E-state index contributed by atoms with van der Waals surface area (Å²) in [5, 5.41) is 8.97. The van der Waals surface area contributed by atoms with Gasteiger partial charge in [-0.05, 0) is 51.0 Å². The van der Waals surface area contributed by atoms with Gasteiger partial charge in [-0.1, -0.05) is 11.6 Å². The fraction of sp³-hybridized carbons (Fsp3) is 0.444. The molecule has 0 saturated carbocycles. The minimum Gasteiger partial charge on any atom is -0.490 e. The Bertz CT molecular complexity index is 605. The molecule has 5 heteroatoms. The second-order valence-electron chi connectivity index (χ2n) is 6.01. The molecule has 0 spiro atoms. The lowest BCUT2D eigenvalue weighted by Crippen LogP contribution is -2.36. The highest BCUT2D eigenvalue weighted by atomic mass is 16.5. The number of carbonyl (C=O) groups excluding carboxylic acids is 1. The normalized spacial score (nSPS) is 17.0. The lowest BCUT2D eigenvalue weighted by molar-refractivity contribution is -0.137. The standard InChI is InChI=1S/C18H23NO4/c1-13(2)8-10-23-16-7-3-5-14(11-16)18(22)19-9-4-6-15(19)12-17(20)21/h3,5,7-8,11,15H,4,6,9-10,12H2,1-2H3,(H,20,21). The average molecular weight is 317 g/mol. The molecule has 1 aliphatic rings. The van der Waals surface area contributed by atoms with Crippen LogP contribution in [0.15, 0.2) is 35.9 Å². The van der Waals surface area contributed by atoms with Gasteiger partial charge in [0, 0.05) is 18.2 Å². The first-order valence-corrected chi connectivity index (χ1v) is 7.86. The highest BCUT2D eigenvalue weighted by Gasteiger charge is 2.30. The molecule has 1 unspecified atom stereocenters. The summed E-state index contributed by atoms with van der Waals surface area (Å²) in [6.45, 7) is 5.07. The Labute approximate surface area is 136 Å². The van der Waals surface area contributed by atoms with Crippen molar-refractivity contribution in [3.63, 3.8) is 0 Å². The summed E-state index contributed by atoms with van der Waals surface area (Å²) in [7, 11) is 0. The molecule has 0 radical (unpaired) electrons. The zero-order valence-electron chi connectivity index (χ0n) is 13.6. The van der Waals surface area contributed by atoms with E-state index in [-0.39, 0.29) is 18.4 Å². The number of rotatable bonds is 6. The Morgan fingerprint density at radius 2 is 2.17 bits per heavy atom. The number of amides is 1. The molecule has 0 aliphatic carbocycles. The van der Waals surface area contributed by atoms with Gasteiger partial charge in [0.2, 0.25) is 0 Å². The summed E-state index contributed by atoms with van der Waals surface area (Å²) < 4.78 is 5.62. The first kappa shape index (κ1) is 17.1. The van der Waals surface area contributed by atoms with Crippen molar-refractivity contribution in [3.05, 3.63) is 41.5 Å². The van der Waals surface area contributed by atoms with E-state index in [9.17, 15) is 9.59 Å². The van der Waals surface area contributed by atoms with E-state index in [1.54, 1.807) is 23.1 Å². The van der Waals surface area contributed by atoms with Gasteiger partial charge in [0.25, 0.3) is 5.91 Å². The minimum atomic E-state index is -0.867. The van der Waals surface area contributed by atoms with E-state index in [0.717, 1.165) is 12.8 Å². The fourth-order valence-corrected chi connectivity index (χ4v) is 2.71. The number of allylic oxidation sites excluding steroid dienone is 1. The molecule has 1 fully saturated rings. The van der Waals surface area contributed by atoms with Crippen LogP contribution in [0.25, 0.3) is 0 Å². The van der Waals surface area contributed by atoms with Gasteiger partial charge in [0.15, 0.2) is 0 Å². The van der Waals surface area contributed by atoms with Gasteiger partial charge in [-0.15, -0.1) is 0 Å². The zero-order chi connectivity index (χ0) is 16.8. The monoisotopic (exact) mass is 317 g/mol. The second kappa shape index (κ2) is 7.81. The maximum atomic E-state index is 12.6. The third-order valence-electron chi connectivity index (χ3n) is 3.87. The van der Waals surface area contributed by atoms with E-state index >= 15 is 0 Å². The van der Waals surface area contributed by atoms with Crippen LogP contribution in [0.4, 0.5) is 0 Å². The number of hydrogen-bond donors (Lipinski definition) is 1. The van der Waals surface area contributed by atoms with Crippen LogP contribution in [-0.2, 0) is 4.79 Å². The maximum Gasteiger partial charge on any atom is 0.305 e. The summed E-state index contributed by atoms with van der Waals surface area (Å²) in [5.74, 6) is -0.350. The van der Waals surface area contributed by atoms with E-state index in [4.69, 9.17) is 9.84 Å². The Morgan fingerprint density at radius 1 is 1.39 bits per heavy atom. The highest BCUT2D eigenvalue weighted by molar-refractivity contribution is 5.95. The molecule has 5 nitrogen and oxygen atoms in total. The fourth-order valence-electron chi connectivity index (χ4n) is 2.71. The molecule has 23 heavy (non-hydrogen) atoms. The van der Waals surface area contributed by atoms with Gasteiger partial charge in [-0.3, -0.25) is 9.59 Å². The number of nitrogens with zero attached hydrogens (tertiary/aromatic N) is 1. The number of carboxylic acids is 1. The van der Waals surface area contributed by atoms with Crippen molar-refractivity contribution in [1.29, 1.82) is 0 Å². The average Bonchev–Trinajstić information content (AvgIpc) is 2.93. The number of likely N-dealkylation sites (tertiary alicyclic amines) is 1. The molecule has 1 aromatic carbocycles.